The number of hydrazone groups is 1. The van der Waals surface area contributed by atoms with Crippen LogP contribution in [0.5, 0.6) is 5.75 Å². The minimum absolute atomic E-state index is 0.219. The van der Waals surface area contributed by atoms with Crippen molar-refractivity contribution in [2.24, 2.45) is 11.0 Å². The number of carbonyl (C=O) groups is 1. The van der Waals surface area contributed by atoms with E-state index in [0.29, 0.717) is 11.5 Å². The number of nitrogens with one attached hydrogen (secondary N) is 1. The van der Waals surface area contributed by atoms with Crippen LogP contribution in [0, 0.1) is 9.49 Å². The van der Waals surface area contributed by atoms with Gasteiger partial charge in [-0.1, -0.05) is 18.2 Å². The molecule has 4 nitrogen and oxygen atoms in total. The van der Waals surface area contributed by atoms with Crippen LogP contribution >= 0.6 is 22.6 Å². The second-order valence-electron chi connectivity index (χ2n) is 5.72. The Balaban J connectivity index is 2.11. The molecule has 2 rings (SSSR count). The zero-order valence-electron chi connectivity index (χ0n) is 13.6. The van der Waals surface area contributed by atoms with Crippen molar-refractivity contribution in [1.82, 2.24) is 5.43 Å². The second-order valence-corrected chi connectivity index (χ2v) is 6.88. The largest absolute Gasteiger partial charge is 0.496 e. The zero-order valence-corrected chi connectivity index (χ0v) is 15.8. The molecule has 0 saturated carbocycles. The molecular formula is C18H21IN2O2. The maximum atomic E-state index is 12.3. The molecule has 1 aromatic rings. The van der Waals surface area contributed by atoms with Crippen LogP contribution in [0.1, 0.15) is 37.0 Å². The van der Waals surface area contributed by atoms with Crippen LogP contribution in [0.15, 0.2) is 47.1 Å². The molecule has 0 fully saturated rings. The smallest absolute Gasteiger partial charge is 0.271 e. The molecule has 1 amide bonds. The molecule has 0 aliphatic heterocycles. The number of allylic oxidation sites excluding steroid dienone is 3. The molecule has 1 N–H and O–H groups in total. The average molecular weight is 424 g/mol. The summed E-state index contributed by atoms with van der Waals surface area (Å²) in [6.07, 6.45) is 3.97. The lowest BCUT2D eigenvalue weighted by atomic mass is 9.85. The summed E-state index contributed by atoms with van der Waals surface area (Å²) in [4.78, 5) is 12.3. The summed E-state index contributed by atoms with van der Waals surface area (Å²) in [6, 6.07) is 5.30. The van der Waals surface area contributed by atoms with Crippen molar-refractivity contribution in [3.8, 4) is 5.75 Å². The summed E-state index contributed by atoms with van der Waals surface area (Å²) in [5.74, 6) is 0.934. The Morgan fingerprint density at radius 2 is 2.22 bits per heavy atom. The highest BCUT2D eigenvalue weighted by Gasteiger charge is 2.19. The van der Waals surface area contributed by atoms with Gasteiger partial charge in [0.15, 0.2) is 0 Å². The van der Waals surface area contributed by atoms with E-state index < -0.39 is 0 Å². The van der Waals surface area contributed by atoms with Crippen LogP contribution in [-0.2, 0) is 0 Å². The highest BCUT2D eigenvalue weighted by molar-refractivity contribution is 14.1. The molecule has 0 bridgehead atoms. The van der Waals surface area contributed by atoms with Gasteiger partial charge in [0, 0.05) is 5.56 Å². The number of methoxy groups -OCH3 is 1. The number of halogens is 1. The van der Waals surface area contributed by atoms with Gasteiger partial charge in [0.05, 0.1) is 16.4 Å². The minimum Gasteiger partial charge on any atom is -0.496 e. The van der Waals surface area contributed by atoms with Crippen molar-refractivity contribution < 1.29 is 9.53 Å². The minimum atomic E-state index is -0.219. The third kappa shape index (κ3) is 4.43. The van der Waals surface area contributed by atoms with Crippen molar-refractivity contribution in [1.29, 1.82) is 0 Å². The Hall–Kier alpha value is -1.63. The zero-order chi connectivity index (χ0) is 17.0. The predicted octanol–water partition coefficient (Wildman–Crippen LogP) is 4.32. The van der Waals surface area contributed by atoms with E-state index in [9.17, 15) is 4.79 Å². The maximum absolute atomic E-state index is 12.3. The van der Waals surface area contributed by atoms with Gasteiger partial charge in [0.2, 0.25) is 0 Å². The van der Waals surface area contributed by atoms with Gasteiger partial charge in [-0.15, -0.1) is 0 Å². The number of benzene rings is 1. The van der Waals surface area contributed by atoms with Gasteiger partial charge < -0.3 is 4.74 Å². The quantitative estimate of drug-likeness (QED) is 0.445. The Bertz CT molecular complexity index is 692. The average Bonchev–Trinajstić information content (AvgIpc) is 2.53. The summed E-state index contributed by atoms with van der Waals surface area (Å²) < 4.78 is 6.09. The van der Waals surface area contributed by atoms with Crippen molar-refractivity contribution >= 4 is 34.2 Å². The lowest BCUT2D eigenvalue weighted by molar-refractivity contribution is 0.0954. The van der Waals surface area contributed by atoms with Crippen molar-refractivity contribution in [2.45, 2.75) is 26.7 Å². The summed E-state index contributed by atoms with van der Waals surface area (Å²) in [6.45, 7) is 8.08. The molecular weight excluding hydrogens is 403 g/mol. The van der Waals surface area contributed by atoms with Gasteiger partial charge in [-0.25, -0.2) is 5.43 Å². The first kappa shape index (κ1) is 17.7. The highest BCUT2D eigenvalue weighted by atomic mass is 127. The number of carbonyl (C=O) groups excluding carboxylic acids is 1. The van der Waals surface area contributed by atoms with E-state index in [0.717, 1.165) is 39.0 Å². The summed E-state index contributed by atoms with van der Waals surface area (Å²) in [5.41, 5.74) is 6.41. The normalized spacial score (nSPS) is 19.2. The van der Waals surface area contributed by atoms with Gasteiger partial charge in [-0.3, -0.25) is 4.79 Å². The topological polar surface area (TPSA) is 50.7 Å². The fourth-order valence-electron chi connectivity index (χ4n) is 2.41. The lowest BCUT2D eigenvalue weighted by Crippen LogP contribution is -2.23. The third-order valence-corrected chi connectivity index (χ3v) is 4.85. The van der Waals surface area contributed by atoms with Crippen LogP contribution in [0.25, 0.3) is 0 Å². The number of ether oxygens (including phenoxy) is 1. The molecule has 0 radical (unpaired) electrons. The van der Waals surface area contributed by atoms with Crippen molar-refractivity contribution in [2.75, 3.05) is 7.11 Å². The molecule has 5 heteroatoms. The van der Waals surface area contributed by atoms with E-state index in [2.05, 4.69) is 45.8 Å². The first-order valence-electron chi connectivity index (χ1n) is 7.45. The molecule has 0 aromatic heterocycles. The first-order valence-corrected chi connectivity index (χ1v) is 8.53. The maximum Gasteiger partial charge on any atom is 0.271 e. The Kier molecular flexibility index (Phi) is 5.98. The van der Waals surface area contributed by atoms with Gasteiger partial charge in [0.25, 0.3) is 5.91 Å². The van der Waals surface area contributed by atoms with Crippen LogP contribution in [0.3, 0.4) is 0 Å². The molecule has 23 heavy (non-hydrogen) atoms. The number of nitrogens with zero attached hydrogens (tertiary/aromatic N) is 1. The number of amides is 1. The molecule has 0 heterocycles. The molecule has 1 aliphatic carbocycles. The van der Waals surface area contributed by atoms with Crippen LogP contribution in [-0.4, -0.2) is 18.7 Å². The Labute approximate surface area is 150 Å². The van der Waals surface area contributed by atoms with E-state index in [1.165, 1.54) is 0 Å². The van der Waals surface area contributed by atoms with E-state index >= 15 is 0 Å². The Morgan fingerprint density at radius 1 is 1.48 bits per heavy atom. The number of hydrogen-bond acceptors (Lipinski definition) is 3. The summed E-state index contributed by atoms with van der Waals surface area (Å²) in [5, 5.41) is 4.32. The number of hydrogen-bond donors (Lipinski definition) is 1. The van der Waals surface area contributed by atoms with Crippen molar-refractivity contribution in [3.05, 3.63) is 51.1 Å². The molecule has 1 atom stereocenters. The van der Waals surface area contributed by atoms with Crippen LogP contribution in [0.2, 0.25) is 0 Å². The second kappa shape index (κ2) is 7.77. The fourth-order valence-corrected chi connectivity index (χ4v) is 3.15. The molecule has 1 aliphatic rings. The van der Waals surface area contributed by atoms with Crippen LogP contribution in [0.4, 0.5) is 0 Å². The van der Waals surface area contributed by atoms with Gasteiger partial charge in [-0.05, 0) is 79.0 Å². The molecule has 0 saturated heterocycles. The van der Waals surface area contributed by atoms with Crippen molar-refractivity contribution in [3.63, 3.8) is 0 Å². The molecule has 0 spiro atoms. The van der Waals surface area contributed by atoms with E-state index in [4.69, 9.17) is 4.74 Å². The van der Waals surface area contributed by atoms with Gasteiger partial charge in [0.1, 0.15) is 5.75 Å². The summed E-state index contributed by atoms with van der Waals surface area (Å²) in [7, 11) is 1.61. The van der Waals surface area contributed by atoms with Crippen LogP contribution < -0.4 is 10.2 Å². The lowest BCUT2D eigenvalue weighted by Gasteiger charge is -2.22. The Morgan fingerprint density at radius 3 is 2.83 bits per heavy atom. The standard InChI is InChI=1S/C18H21IN2O2/c1-11(2)13-6-5-12(3)16(10-13)20-21-18(22)14-7-8-17(23-4)15(19)9-14/h5,7-9,13H,1,6,10H2,2-4H3,(H,21,22)/b20-16+. The third-order valence-electron chi connectivity index (χ3n) is 4.01. The fraction of sp³-hybridized carbons (Fsp3) is 0.333. The summed E-state index contributed by atoms with van der Waals surface area (Å²) >= 11 is 2.14. The van der Waals surface area contributed by atoms with Gasteiger partial charge in [-0.2, -0.15) is 5.10 Å². The van der Waals surface area contributed by atoms with E-state index in [1.807, 2.05) is 13.8 Å². The molecule has 1 unspecified atom stereocenters. The van der Waals surface area contributed by atoms with Gasteiger partial charge >= 0.3 is 0 Å². The molecule has 1 aromatic carbocycles. The monoisotopic (exact) mass is 424 g/mol. The first-order chi connectivity index (χ1) is 10.9. The van der Waals surface area contributed by atoms with E-state index in [1.54, 1.807) is 25.3 Å². The highest BCUT2D eigenvalue weighted by Crippen LogP contribution is 2.26. The number of rotatable bonds is 4. The molecule has 122 valence electrons. The predicted molar refractivity (Wildman–Crippen MR) is 102 cm³/mol. The SMILES string of the molecule is C=C(C)C1CC=C(C)/C(=N/NC(=O)c2ccc(OC)c(I)c2)C1. The van der Waals surface area contributed by atoms with E-state index in [-0.39, 0.29) is 5.91 Å².